The maximum Gasteiger partial charge on any atom is 0.414 e. The Morgan fingerprint density at radius 1 is 1.25 bits per heavy atom. The summed E-state index contributed by atoms with van der Waals surface area (Å²) in [5.74, 6) is -3.80. The molecular formula is C17H24FNO5. The van der Waals surface area contributed by atoms with Crippen molar-refractivity contribution in [2.75, 3.05) is 13.7 Å². The number of carboxylic acid groups (broad SMARTS) is 2. The second-order valence-electron chi connectivity index (χ2n) is 5.61. The summed E-state index contributed by atoms with van der Waals surface area (Å²) in [7, 11) is 1.79. The van der Waals surface area contributed by atoms with Crippen molar-refractivity contribution in [3.8, 4) is 0 Å². The molecule has 0 spiro atoms. The summed E-state index contributed by atoms with van der Waals surface area (Å²) in [6.45, 7) is 0.883. The Hall–Kier alpha value is -1.99. The van der Waals surface area contributed by atoms with Crippen molar-refractivity contribution in [2.24, 2.45) is 0 Å². The number of nitrogens with one attached hydrogen (secondary N) is 1. The van der Waals surface area contributed by atoms with Gasteiger partial charge in [-0.2, -0.15) is 0 Å². The van der Waals surface area contributed by atoms with Crippen molar-refractivity contribution in [1.82, 2.24) is 5.32 Å². The molecule has 1 fully saturated rings. The third-order valence-electron chi connectivity index (χ3n) is 3.90. The predicted octanol–water partition coefficient (Wildman–Crippen LogP) is 2.07. The molecule has 2 rings (SSSR count). The first kappa shape index (κ1) is 20.1. The van der Waals surface area contributed by atoms with Gasteiger partial charge >= 0.3 is 11.9 Å². The average molecular weight is 341 g/mol. The van der Waals surface area contributed by atoms with Gasteiger partial charge in [0.15, 0.2) is 0 Å². The van der Waals surface area contributed by atoms with Crippen LogP contribution in [-0.2, 0) is 20.7 Å². The summed E-state index contributed by atoms with van der Waals surface area (Å²) >= 11 is 0. The van der Waals surface area contributed by atoms with Crippen molar-refractivity contribution in [2.45, 2.75) is 44.2 Å². The summed E-state index contributed by atoms with van der Waals surface area (Å²) in [5, 5.41) is 18.3. The van der Waals surface area contributed by atoms with Crippen LogP contribution >= 0.6 is 0 Å². The Labute approximate surface area is 140 Å². The minimum absolute atomic E-state index is 0.153. The maximum absolute atomic E-state index is 13.0. The molecule has 0 radical (unpaired) electrons. The zero-order valence-corrected chi connectivity index (χ0v) is 13.7. The van der Waals surface area contributed by atoms with Crippen LogP contribution in [0.3, 0.4) is 0 Å². The first-order valence-electron chi connectivity index (χ1n) is 7.91. The van der Waals surface area contributed by atoms with Crippen LogP contribution in [0.4, 0.5) is 4.39 Å². The van der Waals surface area contributed by atoms with Crippen LogP contribution in [0.15, 0.2) is 24.3 Å². The van der Waals surface area contributed by atoms with Crippen molar-refractivity contribution < 1.29 is 28.9 Å². The van der Waals surface area contributed by atoms with Crippen molar-refractivity contribution in [3.63, 3.8) is 0 Å². The molecule has 0 saturated heterocycles. The summed E-state index contributed by atoms with van der Waals surface area (Å²) in [5.41, 5.74) is 1.05. The minimum Gasteiger partial charge on any atom is -0.473 e. The van der Waals surface area contributed by atoms with Gasteiger partial charge < -0.3 is 20.3 Å². The molecule has 1 aromatic carbocycles. The zero-order valence-electron chi connectivity index (χ0n) is 13.7. The van der Waals surface area contributed by atoms with Crippen molar-refractivity contribution in [3.05, 3.63) is 35.6 Å². The van der Waals surface area contributed by atoms with E-state index in [1.54, 1.807) is 19.2 Å². The molecule has 7 heteroatoms. The van der Waals surface area contributed by atoms with E-state index in [0.29, 0.717) is 12.1 Å². The molecule has 3 N–H and O–H groups in total. The lowest BCUT2D eigenvalue weighted by Crippen LogP contribution is -2.43. The van der Waals surface area contributed by atoms with Crippen LogP contribution in [-0.4, -0.2) is 48.0 Å². The predicted molar refractivity (Wildman–Crippen MR) is 86.4 cm³/mol. The highest BCUT2D eigenvalue weighted by Gasteiger charge is 2.23. The van der Waals surface area contributed by atoms with E-state index in [1.807, 2.05) is 6.07 Å². The Kier molecular flexibility index (Phi) is 8.96. The highest BCUT2D eigenvalue weighted by atomic mass is 19.1. The number of ether oxygens (including phenoxy) is 1. The van der Waals surface area contributed by atoms with Crippen LogP contribution < -0.4 is 5.32 Å². The van der Waals surface area contributed by atoms with Gasteiger partial charge in [-0.1, -0.05) is 25.0 Å². The van der Waals surface area contributed by atoms with E-state index in [2.05, 4.69) is 5.32 Å². The first-order chi connectivity index (χ1) is 11.4. The maximum atomic E-state index is 13.0. The molecule has 1 aliphatic carbocycles. The SMILES string of the molecule is COC1CCCCC1NCCc1cccc(F)c1.O=C(O)C(=O)O. The smallest absolute Gasteiger partial charge is 0.414 e. The molecule has 0 aromatic heterocycles. The number of halogens is 1. The Balaban J connectivity index is 0.000000413. The summed E-state index contributed by atoms with van der Waals surface area (Å²) in [6, 6.07) is 7.29. The van der Waals surface area contributed by atoms with E-state index in [-0.39, 0.29) is 5.82 Å². The van der Waals surface area contributed by atoms with E-state index in [1.165, 1.54) is 25.3 Å². The van der Waals surface area contributed by atoms with Crippen molar-refractivity contribution in [1.29, 1.82) is 0 Å². The summed E-state index contributed by atoms with van der Waals surface area (Å²) in [4.78, 5) is 18.2. The number of benzene rings is 1. The molecular weight excluding hydrogens is 317 g/mol. The second-order valence-corrected chi connectivity index (χ2v) is 5.61. The van der Waals surface area contributed by atoms with Crippen LogP contribution in [0.2, 0.25) is 0 Å². The van der Waals surface area contributed by atoms with Gasteiger partial charge in [-0.15, -0.1) is 0 Å². The van der Waals surface area contributed by atoms with Gasteiger partial charge in [-0.25, -0.2) is 14.0 Å². The number of hydrogen-bond donors (Lipinski definition) is 3. The fourth-order valence-electron chi connectivity index (χ4n) is 2.71. The fraction of sp³-hybridized carbons (Fsp3) is 0.529. The molecule has 0 aliphatic heterocycles. The zero-order chi connectivity index (χ0) is 17.9. The fourth-order valence-corrected chi connectivity index (χ4v) is 2.71. The minimum atomic E-state index is -1.82. The van der Waals surface area contributed by atoms with Crippen molar-refractivity contribution >= 4 is 11.9 Å². The van der Waals surface area contributed by atoms with Gasteiger partial charge in [-0.05, 0) is 43.5 Å². The van der Waals surface area contributed by atoms with Gasteiger partial charge in [-0.3, -0.25) is 0 Å². The Bertz CT molecular complexity index is 525. The van der Waals surface area contributed by atoms with E-state index >= 15 is 0 Å². The molecule has 2 atom stereocenters. The monoisotopic (exact) mass is 341 g/mol. The molecule has 24 heavy (non-hydrogen) atoms. The number of rotatable bonds is 5. The molecule has 0 bridgehead atoms. The molecule has 1 aromatic rings. The molecule has 0 heterocycles. The number of carboxylic acids is 2. The largest absolute Gasteiger partial charge is 0.473 e. The topological polar surface area (TPSA) is 95.9 Å². The quantitative estimate of drug-likeness (QED) is 0.710. The van der Waals surface area contributed by atoms with E-state index < -0.39 is 11.9 Å². The summed E-state index contributed by atoms with van der Waals surface area (Å²) in [6.07, 6.45) is 6.07. The Morgan fingerprint density at radius 3 is 2.50 bits per heavy atom. The molecule has 2 unspecified atom stereocenters. The van der Waals surface area contributed by atoms with Crippen LogP contribution in [0.1, 0.15) is 31.2 Å². The highest BCUT2D eigenvalue weighted by molar-refractivity contribution is 6.27. The van der Waals surface area contributed by atoms with Gasteiger partial charge in [0.25, 0.3) is 0 Å². The first-order valence-corrected chi connectivity index (χ1v) is 7.91. The lowest BCUT2D eigenvalue weighted by Gasteiger charge is -2.31. The standard InChI is InChI=1S/C15H22FNO.C2H2O4/c1-18-15-8-3-2-7-14(15)17-10-9-12-5-4-6-13(16)11-12;3-1(4)2(5)6/h4-6,11,14-15,17H,2-3,7-10H2,1H3;(H,3,4)(H,5,6). The van der Waals surface area contributed by atoms with Crippen LogP contribution in [0, 0.1) is 5.82 Å². The molecule has 134 valence electrons. The van der Waals surface area contributed by atoms with Gasteiger partial charge in [0.1, 0.15) is 5.82 Å². The van der Waals surface area contributed by atoms with Gasteiger partial charge in [0, 0.05) is 13.2 Å². The van der Waals surface area contributed by atoms with Gasteiger partial charge in [0.05, 0.1) is 6.10 Å². The molecule has 0 amide bonds. The highest BCUT2D eigenvalue weighted by Crippen LogP contribution is 2.20. The average Bonchev–Trinajstić information content (AvgIpc) is 2.56. The normalized spacial score (nSPS) is 19.9. The van der Waals surface area contributed by atoms with E-state index in [0.717, 1.165) is 24.9 Å². The number of aliphatic carboxylic acids is 2. The summed E-state index contributed by atoms with van der Waals surface area (Å²) < 4.78 is 18.5. The van der Waals surface area contributed by atoms with Crippen LogP contribution in [0.25, 0.3) is 0 Å². The van der Waals surface area contributed by atoms with Gasteiger partial charge in [0.2, 0.25) is 0 Å². The second kappa shape index (κ2) is 10.7. The molecule has 6 nitrogen and oxygen atoms in total. The van der Waals surface area contributed by atoms with E-state index in [9.17, 15) is 4.39 Å². The number of carbonyl (C=O) groups is 2. The van der Waals surface area contributed by atoms with Crippen LogP contribution in [0.5, 0.6) is 0 Å². The molecule has 1 aliphatic rings. The molecule has 1 saturated carbocycles. The third kappa shape index (κ3) is 7.52. The Morgan fingerprint density at radius 2 is 1.92 bits per heavy atom. The lowest BCUT2D eigenvalue weighted by molar-refractivity contribution is -0.159. The lowest BCUT2D eigenvalue weighted by atomic mass is 9.92. The number of methoxy groups -OCH3 is 1. The third-order valence-corrected chi connectivity index (χ3v) is 3.90. The van der Waals surface area contributed by atoms with E-state index in [4.69, 9.17) is 24.5 Å². The number of hydrogen-bond acceptors (Lipinski definition) is 4.